The third-order valence-corrected chi connectivity index (χ3v) is 7.14. The van der Waals surface area contributed by atoms with E-state index in [9.17, 15) is 9.59 Å². The number of hydrogen-bond acceptors (Lipinski definition) is 6. The van der Waals surface area contributed by atoms with E-state index in [1.54, 1.807) is 12.4 Å². The van der Waals surface area contributed by atoms with Gasteiger partial charge >= 0.3 is 0 Å². The summed E-state index contributed by atoms with van der Waals surface area (Å²) in [7, 11) is 0. The normalized spacial score (nSPS) is 20.9. The summed E-state index contributed by atoms with van der Waals surface area (Å²) in [5, 5.41) is 0. The molecule has 0 spiro atoms. The van der Waals surface area contributed by atoms with Crippen LogP contribution in [0.2, 0.25) is 0 Å². The van der Waals surface area contributed by atoms with Crippen molar-refractivity contribution < 1.29 is 14.0 Å². The van der Waals surface area contributed by atoms with Gasteiger partial charge in [0.15, 0.2) is 5.89 Å². The van der Waals surface area contributed by atoms with Gasteiger partial charge in [-0.05, 0) is 51.9 Å². The van der Waals surface area contributed by atoms with Gasteiger partial charge in [-0.2, -0.15) is 0 Å². The molecule has 2 aromatic rings. The average molecular weight is 417 g/mol. The SMILES string of the molecule is Cc1nc(C)c(C(=O)N2CCC(C3CCCCN3C(=O)c3scnc3C)CC2)o1. The first-order valence-electron chi connectivity index (χ1n) is 10.4. The van der Waals surface area contributed by atoms with Crippen molar-refractivity contribution in [3.8, 4) is 0 Å². The molecule has 0 bridgehead atoms. The van der Waals surface area contributed by atoms with Crippen molar-refractivity contribution in [3.05, 3.63) is 33.4 Å². The van der Waals surface area contributed by atoms with Crippen molar-refractivity contribution >= 4 is 23.2 Å². The van der Waals surface area contributed by atoms with Crippen molar-refractivity contribution in [2.75, 3.05) is 19.6 Å². The Morgan fingerprint density at radius 3 is 2.41 bits per heavy atom. The van der Waals surface area contributed by atoms with Crippen LogP contribution in [0.1, 0.15) is 69.6 Å². The second kappa shape index (κ2) is 8.26. The Morgan fingerprint density at radius 1 is 1.03 bits per heavy atom. The van der Waals surface area contributed by atoms with Gasteiger partial charge in [-0.25, -0.2) is 9.97 Å². The molecule has 1 unspecified atom stereocenters. The molecule has 2 fully saturated rings. The zero-order valence-corrected chi connectivity index (χ0v) is 18.1. The fourth-order valence-electron chi connectivity index (χ4n) is 4.70. The number of piperidine rings is 2. The summed E-state index contributed by atoms with van der Waals surface area (Å²) in [5.74, 6) is 1.36. The van der Waals surface area contributed by atoms with E-state index in [4.69, 9.17) is 4.42 Å². The number of amides is 2. The standard InChI is InChI=1S/C21H28N4O3S/c1-13-18(28-15(3)23-13)20(26)24-10-7-16(8-11-24)17-6-4-5-9-25(17)21(27)19-14(2)22-12-29-19/h12,16-17H,4-11H2,1-3H3. The number of oxazole rings is 1. The summed E-state index contributed by atoms with van der Waals surface area (Å²) in [6.07, 6.45) is 5.08. The van der Waals surface area contributed by atoms with Gasteiger partial charge in [0.25, 0.3) is 11.8 Å². The number of carbonyl (C=O) groups is 2. The molecule has 2 aliphatic rings. The number of rotatable bonds is 3. The van der Waals surface area contributed by atoms with Crippen molar-refractivity contribution in [3.63, 3.8) is 0 Å². The molecule has 0 radical (unpaired) electrons. The first kappa shape index (κ1) is 20.1. The van der Waals surface area contributed by atoms with Gasteiger partial charge in [0.2, 0.25) is 5.76 Å². The van der Waals surface area contributed by atoms with Crippen LogP contribution in [0.4, 0.5) is 0 Å². The van der Waals surface area contributed by atoms with Gasteiger partial charge in [0.1, 0.15) is 4.88 Å². The third-order valence-electron chi connectivity index (χ3n) is 6.22. The number of aryl methyl sites for hydroxylation is 3. The van der Waals surface area contributed by atoms with Crippen LogP contribution in [0.25, 0.3) is 0 Å². The second-order valence-electron chi connectivity index (χ2n) is 8.11. The smallest absolute Gasteiger partial charge is 0.291 e. The highest BCUT2D eigenvalue weighted by Crippen LogP contribution is 2.33. The lowest BCUT2D eigenvalue weighted by Gasteiger charge is -2.43. The molecule has 2 aromatic heterocycles. The minimum absolute atomic E-state index is 0.0709. The first-order chi connectivity index (χ1) is 14.0. The van der Waals surface area contributed by atoms with Crippen LogP contribution >= 0.6 is 11.3 Å². The van der Waals surface area contributed by atoms with Crippen molar-refractivity contribution in [1.82, 2.24) is 19.8 Å². The zero-order chi connectivity index (χ0) is 20.5. The highest BCUT2D eigenvalue weighted by Gasteiger charge is 2.37. The number of thiazole rings is 1. The number of likely N-dealkylation sites (tertiary alicyclic amines) is 2. The van der Waals surface area contributed by atoms with E-state index in [0.717, 1.165) is 49.2 Å². The summed E-state index contributed by atoms with van der Waals surface area (Å²) in [6.45, 7) is 7.68. The third kappa shape index (κ3) is 3.95. The molecule has 4 rings (SSSR count). The lowest BCUT2D eigenvalue weighted by atomic mass is 9.83. The molecule has 1 atom stereocenters. The predicted molar refractivity (Wildman–Crippen MR) is 110 cm³/mol. The maximum absolute atomic E-state index is 13.1. The molecule has 2 amide bonds. The Balaban J connectivity index is 1.42. The van der Waals surface area contributed by atoms with E-state index in [1.165, 1.54) is 11.3 Å². The van der Waals surface area contributed by atoms with Crippen LogP contribution in [-0.2, 0) is 0 Å². The molecule has 0 saturated carbocycles. The van der Waals surface area contributed by atoms with Crippen molar-refractivity contribution in [2.45, 2.75) is 58.9 Å². The highest BCUT2D eigenvalue weighted by atomic mass is 32.1. The minimum Gasteiger partial charge on any atom is -0.436 e. The molecule has 2 aliphatic heterocycles. The van der Waals surface area contributed by atoms with Gasteiger partial charge in [0, 0.05) is 32.6 Å². The fourth-order valence-corrected chi connectivity index (χ4v) is 5.46. The van der Waals surface area contributed by atoms with E-state index in [0.29, 0.717) is 36.4 Å². The van der Waals surface area contributed by atoms with Gasteiger partial charge < -0.3 is 14.2 Å². The van der Waals surface area contributed by atoms with E-state index in [2.05, 4.69) is 14.9 Å². The number of aromatic nitrogens is 2. The largest absolute Gasteiger partial charge is 0.436 e. The molecule has 4 heterocycles. The molecule has 2 saturated heterocycles. The monoisotopic (exact) mass is 416 g/mol. The van der Waals surface area contributed by atoms with E-state index in [1.807, 2.05) is 18.7 Å². The Labute approximate surface area is 175 Å². The summed E-state index contributed by atoms with van der Waals surface area (Å²) >= 11 is 1.43. The number of nitrogens with zero attached hydrogens (tertiary/aromatic N) is 4. The Bertz CT molecular complexity index is 898. The lowest BCUT2D eigenvalue weighted by Crippen LogP contribution is -2.51. The molecule has 0 N–H and O–H groups in total. The maximum atomic E-state index is 13.1. The van der Waals surface area contributed by atoms with Crippen LogP contribution in [0.3, 0.4) is 0 Å². The van der Waals surface area contributed by atoms with Crippen LogP contribution < -0.4 is 0 Å². The molecule has 0 aromatic carbocycles. The van der Waals surface area contributed by atoms with Crippen LogP contribution in [0, 0.1) is 26.7 Å². The Hall–Kier alpha value is -2.22. The van der Waals surface area contributed by atoms with E-state index in [-0.39, 0.29) is 17.9 Å². The van der Waals surface area contributed by atoms with E-state index >= 15 is 0 Å². The predicted octanol–water partition coefficient (Wildman–Crippen LogP) is 3.60. The average Bonchev–Trinajstić information content (AvgIpc) is 3.31. The van der Waals surface area contributed by atoms with Crippen molar-refractivity contribution in [1.29, 1.82) is 0 Å². The summed E-state index contributed by atoms with van der Waals surface area (Å²) < 4.78 is 5.51. The first-order valence-corrected chi connectivity index (χ1v) is 11.3. The lowest BCUT2D eigenvalue weighted by molar-refractivity contribution is 0.0369. The molecule has 0 aliphatic carbocycles. The van der Waals surface area contributed by atoms with Gasteiger partial charge in [0.05, 0.1) is 16.9 Å². The van der Waals surface area contributed by atoms with Crippen LogP contribution in [0.5, 0.6) is 0 Å². The van der Waals surface area contributed by atoms with E-state index < -0.39 is 0 Å². The van der Waals surface area contributed by atoms with Gasteiger partial charge in [-0.1, -0.05) is 0 Å². The quantitative estimate of drug-likeness (QED) is 0.764. The minimum atomic E-state index is -0.0709. The van der Waals surface area contributed by atoms with Gasteiger partial charge in [-0.15, -0.1) is 11.3 Å². The summed E-state index contributed by atoms with van der Waals surface area (Å²) in [4.78, 5) is 39.1. The maximum Gasteiger partial charge on any atom is 0.291 e. The Morgan fingerprint density at radius 2 is 1.79 bits per heavy atom. The fraction of sp³-hybridized carbons (Fsp3) is 0.619. The van der Waals surface area contributed by atoms with Gasteiger partial charge in [-0.3, -0.25) is 9.59 Å². The second-order valence-corrected chi connectivity index (χ2v) is 8.96. The molecule has 29 heavy (non-hydrogen) atoms. The number of carbonyl (C=O) groups excluding carboxylic acids is 2. The summed E-state index contributed by atoms with van der Waals surface area (Å²) in [6, 6.07) is 0.254. The van der Waals surface area contributed by atoms with Crippen LogP contribution in [-0.4, -0.2) is 57.3 Å². The topological polar surface area (TPSA) is 79.5 Å². The Kier molecular flexibility index (Phi) is 5.72. The molecular weight excluding hydrogens is 388 g/mol. The van der Waals surface area contributed by atoms with Crippen molar-refractivity contribution in [2.24, 2.45) is 5.92 Å². The highest BCUT2D eigenvalue weighted by molar-refractivity contribution is 7.11. The molecule has 7 nitrogen and oxygen atoms in total. The molecule has 156 valence electrons. The van der Waals surface area contributed by atoms with Crippen LogP contribution in [0.15, 0.2) is 9.93 Å². The molecule has 8 heteroatoms. The summed E-state index contributed by atoms with van der Waals surface area (Å²) in [5.41, 5.74) is 3.22. The molecular formula is C21H28N4O3S. The number of hydrogen-bond donors (Lipinski definition) is 0. The zero-order valence-electron chi connectivity index (χ0n) is 17.3.